The molecule has 3 unspecified atom stereocenters. The summed E-state index contributed by atoms with van der Waals surface area (Å²) in [4.78, 5) is 25.9. The number of carbonyl (C=O) groups excluding carboxylic acids is 2. The van der Waals surface area contributed by atoms with Crippen molar-refractivity contribution in [3.63, 3.8) is 0 Å². The van der Waals surface area contributed by atoms with Crippen LogP contribution in [0.5, 0.6) is 0 Å². The average molecular weight is 555 g/mol. The van der Waals surface area contributed by atoms with Gasteiger partial charge in [0.1, 0.15) is 18.1 Å². The molecule has 9 nitrogen and oxygen atoms in total. The van der Waals surface area contributed by atoms with Crippen molar-refractivity contribution in [2.24, 2.45) is 0 Å². The summed E-state index contributed by atoms with van der Waals surface area (Å²) in [6, 6.07) is 15.1. The van der Waals surface area contributed by atoms with Crippen LogP contribution in [0.1, 0.15) is 40.8 Å². The Morgan fingerprint density at radius 3 is 2.68 bits per heavy atom. The third-order valence-electron chi connectivity index (χ3n) is 7.74. The number of amides is 3. The molecule has 10 heteroatoms. The number of anilines is 1. The van der Waals surface area contributed by atoms with Gasteiger partial charge >= 0.3 is 6.03 Å². The molecule has 3 atom stereocenters. The fourth-order valence-corrected chi connectivity index (χ4v) is 5.42. The number of hydrogen-bond acceptors (Lipinski definition) is 5. The number of halogens is 1. The molecule has 2 aliphatic rings. The minimum atomic E-state index is -0.765. The monoisotopic (exact) mass is 554 g/mol. The number of carbonyl (C=O) groups is 2. The fourth-order valence-electron chi connectivity index (χ4n) is 5.42. The predicted octanol–water partition coefficient (Wildman–Crippen LogP) is 4.64. The molecule has 6 rings (SSSR count). The number of benzene rings is 3. The number of aromatic amines is 1. The molecule has 5 N–H and O–H groups in total. The van der Waals surface area contributed by atoms with E-state index < -0.39 is 12.1 Å². The van der Waals surface area contributed by atoms with E-state index in [-0.39, 0.29) is 24.1 Å². The van der Waals surface area contributed by atoms with Gasteiger partial charge in [-0.1, -0.05) is 30.3 Å². The Morgan fingerprint density at radius 1 is 1.07 bits per heavy atom. The van der Waals surface area contributed by atoms with E-state index in [9.17, 15) is 14.0 Å². The highest BCUT2D eigenvalue weighted by molar-refractivity contribution is 6.07. The van der Waals surface area contributed by atoms with Gasteiger partial charge in [0.05, 0.1) is 23.3 Å². The molecular weight excluding hydrogens is 523 g/mol. The lowest BCUT2D eigenvalue weighted by Crippen LogP contribution is -2.46. The Kier molecular flexibility index (Phi) is 7.02. The Balaban J connectivity index is 1.18. The largest absolute Gasteiger partial charge is 0.353 e. The third kappa shape index (κ3) is 5.57. The zero-order chi connectivity index (χ0) is 28.7. The van der Waals surface area contributed by atoms with E-state index in [1.165, 1.54) is 22.8 Å². The van der Waals surface area contributed by atoms with Crippen LogP contribution in [0.4, 0.5) is 14.9 Å². The first-order chi connectivity index (χ1) is 19.8. The van der Waals surface area contributed by atoms with Crippen molar-refractivity contribution < 1.29 is 18.7 Å². The number of rotatable bonds is 8. The van der Waals surface area contributed by atoms with Crippen LogP contribution in [0.2, 0.25) is 0 Å². The summed E-state index contributed by atoms with van der Waals surface area (Å²) in [5.41, 5.74) is 6.91. The van der Waals surface area contributed by atoms with Crippen molar-refractivity contribution in [3.05, 3.63) is 106 Å². The van der Waals surface area contributed by atoms with Gasteiger partial charge in [-0.15, -0.1) is 0 Å². The molecule has 0 saturated carbocycles. The quantitative estimate of drug-likeness (QED) is 0.203. The van der Waals surface area contributed by atoms with E-state index >= 15 is 0 Å². The zero-order valence-corrected chi connectivity index (χ0v) is 23.0. The smallest absolute Gasteiger partial charge is 0.319 e. The van der Waals surface area contributed by atoms with Crippen molar-refractivity contribution in [1.82, 2.24) is 26.1 Å². The second kappa shape index (κ2) is 10.8. The molecule has 0 aliphatic carbocycles. The number of ether oxygens (including phenoxy) is 1. The van der Waals surface area contributed by atoms with Gasteiger partial charge in [-0.05, 0) is 72.9 Å². The Bertz CT molecular complexity index is 1680. The number of aryl methyl sites for hydroxylation is 2. The summed E-state index contributed by atoms with van der Waals surface area (Å²) in [6.07, 6.45) is 1.68. The number of nitrogens with one attached hydrogen (secondary N) is 5. The number of hydrogen-bond donors (Lipinski definition) is 5. The van der Waals surface area contributed by atoms with Crippen LogP contribution in [0.15, 0.2) is 72.1 Å². The Hall–Kier alpha value is -4.54. The van der Waals surface area contributed by atoms with E-state index in [0.717, 1.165) is 10.9 Å². The number of allylic oxidation sites excluding steroid dienone is 1. The van der Waals surface area contributed by atoms with Gasteiger partial charge in [0.15, 0.2) is 0 Å². The van der Waals surface area contributed by atoms with E-state index in [4.69, 9.17) is 4.74 Å². The molecule has 2 aliphatic heterocycles. The molecule has 0 bridgehead atoms. The van der Waals surface area contributed by atoms with Crippen molar-refractivity contribution >= 4 is 28.5 Å². The highest BCUT2D eigenvalue weighted by Crippen LogP contribution is 2.32. The van der Waals surface area contributed by atoms with Gasteiger partial charge in [-0.25, -0.2) is 9.18 Å². The Morgan fingerprint density at radius 2 is 1.88 bits per heavy atom. The summed E-state index contributed by atoms with van der Waals surface area (Å²) in [6.45, 7) is 6.50. The fraction of sp³-hybridized carbons (Fsp3) is 0.258. The third-order valence-corrected chi connectivity index (χ3v) is 7.74. The van der Waals surface area contributed by atoms with E-state index in [0.29, 0.717) is 41.1 Å². The maximum absolute atomic E-state index is 14.9. The standard InChI is InChI=1S/C31H31FN6O3/c1-16-5-4-6-17(2)23(16)15-33-30-26(41-30)13-20-11-19(7-9-24(20)32)28-27(18(3)35-31(40)37-28)29(39)36-22-8-10-25-21(12-22)14-34-38-25/h4-12,14,26,28,30,33H,13,15H2,1-3H3,(H,34,38)(H,36,39)(H2,35,37,40). The number of urea groups is 1. The molecule has 1 aromatic heterocycles. The zero-order valence-electron chi connectivity index (χ0n) is 23.0. The van der Waals surface area contributed by atoms with E-state index in [1.807, 2.05) is 18.2 Å². The molecule has 3 heterocycles. The summed E-state index contributed by atoms with van der Waals surface area (Å²) in [5.74, 6) is -0.742. The topological polar surface area (TPSA) is 123 Å². The van der Waals surface area contributed by atoms with Crippen LogP contribution in [0.3, 0.4) is 0 Å². The summed E-state index contributed by atoms with van der Waals surface area (Å²) in [5, 5.41) is 19.6. The highest BCUT2D eigenvalue weighted by Gasteiger charge is 2.39. The number of nitrogens with zero attached hydrogens (tertiary/aromatic N) is 1. The van der Waals surface area contributed by atoms with Gasteiger partial charge in [-0.3, -0.25) is 15.2 Å². The first kappa shape index (κ1) is 26.7. The van der Waals surface area contributed by atoms with Gasteiger partial charge in [-0.2, -0.15) is 5.10 Å². The molecule has 210 valence electrons. The lowest BCUT2D eigenvalue weighted by atomic mass is 9.92. The molecule has 1 saturated heterocycles. The van der Waals surface area contributed by atoms with Crippen LogP contribution in [-0.4, -0.2) is 34.5 Å². The molecular formula is C31H31FN6O3. The number of aromatic nitrogens is 2. The molecule has 3 aromatic carbocycles. The lowest BCUT2D eigenvalue weighted by Gasteiger charge is -2.29. The first-order valence-electron chi connectivity index (χ1n) is 13.5. The van der Waals surface area contributed by atoms with Crippen LogP contribution in [0.25, 0.3) is 10.9 Å². The normalized spacial score (nSPS) is 20.1. The molecule has 3 amide bonds. The van der Waals surface area contributed by atoms with Crippen LogP contribution in [0, 0.1) is 19.7 Å². The second-order valence-corrected chi connectivity index (χ2v) is 10.6. The van der Waals surface area contributed by atoms with Crippen LogP contribution in [-0.2, 0) is 22.5 Å². The van der Waals surface area contributed by atoms with Crippen molar-refractivity contribution in [2.75, 3.05) is 5.32 Å². The van der Waals surface area contributed by atoms with Crippen molar-refractivity contribution in [1.29, 1.82) is 0 Å². The van der Waals surface area contributed by atoms with Gasteiger partial charge < -0.3 is 20.7 Å². The predicted molar refractivity (Wildman–Crippen MR) is 153 cm³/mol. The first-order valence-corrected chi connectivity index (χ1v) is 13.5. The van der Waals surface area contributed by atoms with Gasteiger partial charge in [0.25, 0.3) is 5.91 Å². The van der Waals surface area contributed by atoms with E-state index in [1.54, 1.807) is 31.3 Å². The minimum absolute atomic E-state index is 0.174. The maximum atomic E-state index is 14.9. The number of fused-ring (bicyclic) bond motifs is 1. The lowest BCUT2D eigenvalue weighted by molar-refractivity contribution is -0.113. The Labute approximate surface area is 236 Å². The number of H-pyrrole nitrogens is 1. The average Bonchev–Trinajstić information content (AvgIpc) is 3.49. The van der Waals surface area contributed by atoms with Gasteiger partial charge in [0, 0.05) is 29.7 Å². The minimum Gasteiger partial charge on any atom is -0.353 e. The van der Waals surface area contributed by atoms with Crippen LogP contribution < -0.4 is 21.3 Å². The molecule has 1 fully saturated rings. The molecule has 4 aromatic rings. The van der Waals surface area contributed by atoms with E-state index in [2.05, 4.69) is 57.4 Å². The molecule has 0 spiro atoms. The summed E-state index contributed by atoms with van der Waals surface area (Å²) in [7, 11) is 0. The maximum Gasteiger partial charge on any atom is 0.319 e. The number of epoxide rings is 1. The van der Waals surface area contributed by atoms with Crippen LogP contribution >= 0.6 is 0 Å². The van der Waals surface area contributed by atoms with Crippen molar-refractivity contribution in [3.8, 4) is 0 Å². The molecule has 41 heavy (non-hydrogen) atoms. The van der Waals surface area contributed by atoms with Gasteiger partial charge in [0.2, 0.25) is 0 Å². The second-order valence-electron chi connectivity index (χ2n) is 10.6. The SMILES string of the molecule is CC1=C(C(=O)Nc2ccc3[nH]ncc3c2)C(c2ccc(F)c(CC3OC3NCc3c(C)cccc3C)c2)NC(=O)N1. The summed E-state index contributed by atoms with van der Waals surface area (Å²) < 4.78 is 20.7. The molecule has 0 radical (unpaired) electrons. The highest BCUT2D eigenvalue weighted by atomic mass is 19.1. The summed E-state index contributed by atoms with van der Waals surface area (Å²) >= 11 is 0. The van der Waals surface area contributed by atoms with Crippen molar-refractivity contribution in [2.45, 2.75) is 52.1 Å².